The van der Waals surface area contributed by atoms with Crippen molar-refractivity contribution in [3.05, 3.63) is 93.2 Å². The lowest BCUT2D eigenvalue weighted by Crippen LogP contribution is -2.50. The summed E-state index contributed by atoms with van der Waals surface area (Å²) in [7, 11) is 1.71. The first kappa shape index (κ1) is 23.1. The van der Waals surface area contributed by atoms with Crippen molar-refractivity contribution in [2.45, 2.75) is 43.4 Å². The van der Waals surface area contributed by atoms with Gasteiger partial charge in [0, 0.05) is 29.5 Å². The summed E-state index contributed by atoms with van der Waals surface area (Å²) in [5.74, 6) is -0.813. The smallest absolute Gasteiger partial charge is 0.225 e. The van der Waals surface area contributed by atoms with Gasteiger partial charge in [-0.1, -0.05) is 30.3 Å². The molecule has 0 saturated carbocycles. The molecule has 2 aromatic carbocycles. The van der Waals surface area contributed by atoms with Crippen molar-refractivity contribution in [3.63, 3.8) is 0 Å². The SMILES string of the molecule is CO[C@H]1[C@H](NC(=O)Cc2cccs2)c2ccccc2C12CCN(Cc1cc(F)ccc1F)CC2. The molecule has 2 aliphatic rings. The third-order valence-electron chi connectivity index (χ3n) is 7.31. The van der Waals surface area contributed by atoms with Gasteiger partial charge in [-0.05, 0) is 66.7 Å². The highest BCUT2D eigenvalue weighted by atomic mass is 32.1. The zero-order chi connectivity index (χ0) is 23.7. The molecular weight excluding hydrogens is 454 g/mol. The van der Waals surface area contributed by atoms with Gasteiger partial charge in [0.1, 0.15) is 11.6 Å². The quantitative estimate of drug-likeness (QED) is 0.538. The second-order valence-electron chi connectivity index (χ2n) is 9.21. The number of fused-ring (bicyclic) bond motifs is 2. The zero-order valence-electron chi connectivity index (χ0n) is 19.1. The molecule has 5 rings (SSSR count). The number of rotatable bonds is 6. The Balaban J connectivity index is 1.35. The number of amides is 1. The normalized spacial score (nSPS) is 21.5. The summed E-state index contributed by atoms with van der Waals surface area (Å²) < 4.78 is 33.9. The Labute approximate surface area is 202 Å². The molecule has 3 aromatic rings. The number of hydrogen-bond acceptors (Lipinski definition) is 4. The molecule has 1 spiro atoms. The summed E-state index contributed by atoms with van der Waals surface area (Å²) in [6.07, 6.45) is 1.80. The molecule has 1 amide bonds. The summed E-state index contributed by atoms with van der Waals surface area (Å²) in [6, 6.07) is 15.6. The van der Waals surface area contributed by atoms with Crippen molar-refractivity contribution in [1.82, 2.24) is 10.2 Å². The molecular formula is C27H28F2N2O2S. The number of carbonyl (C=O) groups is 1. The van der Waals surface area contributed by atoms with Gasteiger partial charge in [0.15, 0.2) is 0 Å². The van der Waals surface area contributed by atoms with Gasteiger partial charge in [0.25, 0.3) is 0 Å². The van der Waals surface area contributed by atoms with Crippen LogP contribution in [-0.4, -0.2) is 37.1 Å². The molecule has 4 nitrogen and oxygen atoms in total. The number of nitrogens with one attached hydrogen (secondary N) is 1. The van der Waals surface area contributed by atoms with E-state index in [-0.39, 0.29) is 29.3 Å². The molecule has 1 N–H and O–H groups in total. The van der Waals surface area contributed by atoms with Gasteiger partial charge >= 0.3 is 0 Å². The highest BCUT2D eigenvalue weighted by molar-refractivity contribution is 7.10. The van der Waals surface area contributed by atoms with Gasteiger partial charge in [-0.3, -0.25) is 9.69 Å². The monoisotopic (exact) mass is 482 g/mol. The lowest BCUT2D eigenvalue weighted by molar-refractivity contribution is -0.122. The summed E-state index contributed by atoms with van der Waals surface area (Å²) in [5.41, 5.74) is 2.48. The topological polar surface area (TPSA) is 41.6 Å². The molecule has 1 aliphatic heterocycles. The Bertz CT molecular complexity index is 1160. The lowest BCUT2D eigenvalue weighted by atomic mass is 9.72. The van der Waals surface area contributed by atoms with Gasteiger partial charge in [-0.25, -0.2) is 8.78 Å². The van der Waals surface area contributed by atoms with E-state index >= 15 is 0 Å². The van der Waals surface area contributed by atoms with Gasteiger partial charge in [0.2, 0.25) is 5.91 Å². The summed E-state index contributed by atoms with van der Waals surface area (Å²) in [4.78, 5) is 16.1. The van der Waals surface area contributed by atoms with Crippen LogP contribution in [0.25, 0.3) is 0 Å². The Morgan fingerprint density at radius 1 is 1.15 bits per heavy atom. The second-order valence-corrected chi connectivity index (χ2v) is 10.2. The van der Waals surface area contributed by atoms with Crippen molar-refractivity contribution in [2.24, 2.45) is 0 Å². The van der Waals surface area contributed by atoms with Gasteiger partial charge in [-0.15, -0.1) is 11.3 Å². The Hall–Kier alpha value is -2.61. The third kappa shape index (κ3) is 4.28. The van der Waals surface area contributed by atoms with Crippen LogP contribution < -0.4 is 5.32 Å². The first-order valence-electron chi connectivity index (χ1n) is 11.6. The molecule has 0 radical (unpaired) electrons. The van der Waals surface area contributed by atoms with E-state index in [2.05, 4.69) is 22.3 Å². The molecule has 2 atom stereocenters. The number of piperidine rings is 1. The number of ether oxygens (including phenoxy) is 1. The first-order chi connectivity index (χ1) is 16.5. The fraction of sp³-hybridized carbons (Fsp3) is 0.370. The van der Waals surface area contributed by atoms with Crippen LogP contribution in [0.4, 0.5) is 8.78 Å². The minimum absolute atomic E-state index is 0.0135. The van der Waals surface area contributed by atoms with Crippen molar-refractivity contribution >= 4 is 17.2 Å². The van der Waals surface area contributed by atoms with Crippen LogP contribution in [0.15, 0.2) is 60.0 Å². The predicted octanol–water partition coefficient (Wildman–Crippen LogP) is 4.99. The minimum atomic E-state index is -0.421. The van der Waals surface area contributed by atoms with Crippen LogP contribution in [0.5, 0.6) is 0 Å². The predicted molar refractivity (Wildman–Crippen MR) is 129 cm³/mol. The summed E-state index contributed by atoms with van der Waals surface area (Å²) >= 11 is 1.58. The number of thiophene rings is 1. The minimum Gasteiger partial charge on any atom is -0.378 e. The zero-order valence-corrected chi connectivity index (χ0v) is 19.9. The van der Waals surface area contributed by atoms with Crippen molar-refractivity contribution in [3.8, 4) is 0 Å². The standard InChI is InChI=1S/C27H28F2N2O2S/c1-33-26-25(30-24(32)16-20-5-4-14-34-20)21-6-2-3-7-22(21)27(26)10-12-31(13-11-27)17-18-15-19(28)8-9-23(18)29/h2-9,14-15,25-26H,10-13,16-17H2,1H3,(H,30,32)/t25-,26+/m1/s1. The lowest BCUT2D eigenvalue weighted by Gasteiger charge is -2.44. The number of nitrogens with zero attached hydrogens (tertiary/aromatic N) is 1. The molecule has 178 valence electrons. The van der Waals surface area contributed by atoms with Crippen molar-refractivity contribution < 1.29 is 18.3 Å². The van der Waals surface area contributed by atoms with Crippen molar-refractivity contribution in [2.75, 3.05) is 20.2 Å². The summed E-state index contributed by atoms with van der Waals surface area (Å²) in [6.45, 7) is 1.85. The Morgan fingerprint density at radius 3 is 2.68 bits per heavy atom. The average Bonchev–Trinajstić information content (AvgIpc) is 3.43. The van der Waals surface area contributed by atoms with E-state index in [1.807, 2.05) is 29.6 Å². The number of benzene rings is 2. The molecule has 34 heavy (non-hydrogen) atoms. The third-order valence-corrected chi connectivity index (χ3v) is 8.19. The maximum atomic E-state index is 14.2. The average molecular weight is 483 g/mol. The van der Waals surface area contributed by atoms with Gasteiger partial charge in [-0.2, -0.15) is 0 Å². The van der Waals surface area contributed by atoms with E-state index in [4.69, 9.17) is 4.74 Å². The van der Waals surface area contributed by atoms with Crippen molar-refractivity contribution in [1.29, 1.82) is 0 Å². The molecule has 2 heterocycles. The molecule has 1 aliphatic carbocycles. The number of carbonyl (C=O) groups excluding carboxylic acids is 1. The van der Waals surface area contributed by atoms with Crippen LogP contribution in [0.2, 0.25) is 0 Å². The number of methoxy groups -OCH3 is 1. The van der Waals surface area contributed by atoms with E-state index < -0.39 is 5.82 Å². The van der Waals surface area contributed by atoms with Crippen LogP contribution in [0.3, 0.4) is 0 Å². The molecule has 0 bridgehead atoms. The van der Waals surface area contributed by atoms with E-state index in [1.165, 1.54) is 17.7 Å². The van der Waals surface area contributed by atoms with E-state index in [1.54, 1.807) is 18.4 Å². The highest BCUT2D eigenvalue weighted by Crippen LogP contribution is 2.52. The molecule has 0 unspecified atom stereocenters. The maximum Gasteiger partial charge on any atom is 0.225 e. The van der Waals surface area contributed by atoms with Gasteiger partial charge < -0.3 is 10.1 Å². The maximum absolute atomic E-state index is 14.2. The number of hydrogen-bond donors (Lipinski definition) is 1. The molecule has 1 fully saturated rings. The number of likely N-dealkylation sites (tertiary alicyclic amines) is 1. The fourth-order valence-electron chi connectivity index (χ4n) is 5.74. The van der Waals surface area contributed by atoms with Crippen LogP contribution in [0, 0.1) is 11.6 Å². The first-order valence-corrected chi connectivity index (χ1v) is 12.5. The molecule has 1 aromatic heterocycles. The largest absolute Gasteiger partial charge is 0.378 e. The number of halogens is 2. The molecule has 1 saturated heterocycles. The fourth-order valence-corrected chi connectivity index (χ4v) is 6.44. The van der Waals surface area contributed by atoms with Crippen LogP contribution >= 0.6 is 11.3 Å². The van der Waals surface area contributed by atoms with Crippen LogP contribution in [-0.2, 0) is 27.9 Å². The summed E-state index contributed by atoms with van der Waals surface area (Å²) in [5, 5.41) is 5.22. The van der Waals surface area contributed by atoms with E-state index in [0.717, 1.165) is 42.4 Å². The highest BCUT2D eigenvalue weighted by Gasteiger charge is 2.53. The van der Waals surface area contributed by atoms with Gasteiger partial charge in [0.05, 0.1) is 18.6 Å². The molecule has 7 heteroatoms. The van der Waals surface area contributed by atoms with E-state index in [9.17, 15) is 13.6 Å². The van der Waals surface area contributed by atoms with Crippen LogP contribution in [0.1, 0.15) is 40.5 Å². The Kier molecular flexibility index (Phi) is 6.51. The second kappa shape index (κ2) is 9.56. The van der Waals surface area contributed by atoms with E-state index in [0.29, 0.717) is 18.5 Å². The Morgan fingerprint density at radius 2 is 1.94 bits per heavy atom.